The van der Waals surface area contributed by atoms with Crippen LogP contribution in [-0.4, -0.2) is 7.11 Å². The van der Waals surface area contributed by atoms with Gasteiger partial charge in [0.25, 0.3) is 0 Å². The molecule has 0 bridgehead atoms. The Morgan fingerprint density at radius 2 is 1.36 bits per heavy atom. The van der Waals surface area contributed by atoms with Crippen molar-refractivity contribution < 1.29 is 4.74 Å². The van der Waals surface area contributed by atoms with E-state index in [0.717, 1.165) is 11.4 Å². The van der Waals surface area contributed by atoms with Crippen LogP contribution >= 0.6 is 0 Å². The van der Waals surface area contributed by atoms with Crippen molar-refractivity contribution in [2.75, 3.05) is 12.4 Å². The van der Waals surface area contributed by atoms with Gasteiger partial charge in [0.05, 0.1) is 12.8 Å². The molecule has 25 heavy (non-hydrogen) atoms. The molecular weight excluding hydrogens is 306 g/mol. The predicted molar refractivity (Wildman–Crippen MR) is 108 cm³/mol. The molecule has 0 aliphatic heterocycles. The molecule has 0 unspecified atom stereocenters. The second-order valence-electron chi connectivity index (χ2n) is 7.11. The lowest BCUT2D eigenvalue weighted by Gasteiger charge is -2.23. The van der Waals surface area contributed by atoms with E-state index in [9.17, 15) is 0 Å². The summed E-state index contributed by atoms with van der Waals surface area (Å²) in [6.45, 7) is 8.96. The third-order valence-electron chi connectivity index (χ3n) is 4.73. The summed E-state index contributed by atoms with van der Waals surface area (Å²) in [7, 11) is 1.73. The number of para-hydroxylation sites is 1. The normalized spacial score (nSPS) is 11.3. The Hall–Kier alpha value is -2.48. The number of ether oxygens (including phenoxy) is 1. The fourth-order valence-electron chi connectivity index (χ4n) is 3.37. The largest absolute Gasteiger partial charge is 0.495 e. The second-order valence-corrected chi connectivity index (χ2v) is 7.11. The minimum Gasteiger partial charge on any atom is -0.495 e. The molecule has 0 radical (unpaired) electrons. The van der Waals surface area contributed by atoms with E-state index in [2.05, 4.69) is 81.5 Å². The van der Waals surface area contributed by atoms with Crippen molar-refractivity contribution in [2.45, 2.75) is 39.5 Å². The molecule has 2 heteroatoms. The molecule has 0 saturated heterocycles. The van der Waals surface area contributed by atoms with E-state index in [0.29, 0.717) is 11.8 Å². The van der Waals surface area contributed by atoms with Gasteiger partial charge in [-0.1, -0.05) is 76.2 Å². The minimum absolute atomic E-state index is 0.446. The minimum atomic E-state index is 0.446. The molecule has 3 rings (SSSR count). The molecular formula is C23H27NO. The number of hydrogen-bond acceptors (Lipinski definition) is 2. The highest BCUT2D eigenvalue weighted by Gasteiger charge is 2.16. The standard InChI is InChI=1S/C23H27NO/c1-15(2)18-11-8-12-19(16(3)4)22(18)24-23-20-10-7-6-9-17(20)13-14-21(23)25-5/h6-16,24H,1-5H3. The van der Waals surface area contributed by atoms with E-state index in [-0.39, 0.29) is 0 Å². The number of methoxy groups -OCH3 is 1. The third-order valence-corrected chi connectivity index (χ3v) is 4.73. The topological polar surface area (TPSA) is 21.3 Å². The lowest BCUT2D eigenvalue weighted by Crippen LogP contribution is -2.05. The average Bonchev–Trinajstić information content (AvgIpc) is 2.61. The highest BCUT2D eigenvalue weighted by Crippen LogP contribution is 2.40. The van der Waals surface area contributed by atoms with Crippen molar-refractivity contribution in [1.82, 2.24) is 0 Å². The van der Waals surface area contributed by atoms with Gasteiger partial charge in [0.15, 0.2) is 0 Å². The van der Waals surface area contributed by atoms with Gasteiger partial charge < -0.3 is 10.1 Å². The van der Waals surface area contributed by atoms with E-state index in [1.807, 2.05) is 6.07 Å². The summed E-state index contributed by atoms with van der Waals surface area (Å²) >= 11 is 0. The Balaban J connectivity index is 2.23. The molecule has 2 nitrogen and oxygen atoms in total. The SMILES string of the molecule is COc1ccc2ccccc2c1Nc1c(C(C)C)cccc1C(C)C. The zero-order valence-corrected chi connectivity index (χ0v) is 15.8. The van der Waals surface area contributed by atoms with Gasteiger partial charge in [0.1, 0.15) is 5.75 Å². The Morgan fingerprint density at radius 3 is 1.96 bits per heavy atom. The number of benzene rings is 3. The van der Waals surface area contributed by atoms with E-state index in [1.165, 1.54) is 27.6 Å². The number of fused-ring (bicyclic) bond motifs is 1. The summed E-state index contributed by atoms with van der Waals surface area (Å²) in [5.41, 5.74) is 4.92. The zero-order valence-electron chi connectivity index (χ0n) is 15.8. The average molecular weight is 333 g/mol. The van der Waals surface area contributed by atoms with Crippen molar-refractivity contribution >= 4 is 22.1 Å². The summed E-state index contributed by atoms with van der Waals surface area (Å²) in [5.74, 6) is 1.76. The molecule has 0 heterocycles. The van der Waals surface area contributed by atoms with Crippen LogP contribution in [0, 0.1) is 0 Å². The van der Waals surface area contributed by atoms with Gasteiger partial charge in [-0.2, -0.15) is 0 Å². The number of nitrogens with one attached hydrogen (secondary N) is 1. The third kappa shape index (κ3) is 3.34. The first-order chi connectivity index (χ1) is 12.0. The van der Waals surface area contributed by atoms with Crippen molar-refractivity contribution in [3.63, 3.8) is 0 Å². The van der Waals surface area contributed by atoms with Crippen LogP contribution in [-0.2, 0) is 0 Å². The smallest absolute Gasteiger partial charge is 0.142 e. The summed E-state index contributed by atoms with van der Waals surface area (Å²) < 4.78 is 5.66. The molecule has 0 fully saturated rings. The van der Waals surface area contributed by atoms with Crippen LogP contribution in [0.25, 0.3) is 10.8 Å². The maximum atomic E-state index is 5.66. The molecule has 0 atom stereocenters. The van der Waals surface area contributed by atoms with Gasteiger partial charge in [-0.25, -0.2) is 0 Å². The molecule has 1 N–H and O–H groups in total. The molecule has 0 aliphatic carbocycles. The van der Waals surface area contributed by atoms with Crippen LogP contribution < -0.4 is 10.1 Å². The van der Waals surface area contributed by atoms with Crippen molar-refractivity contribution in [1.29, 1.82) is 0 Å². The summed E-state index contributed by atoms with van der Waals surface area (Å²) in [5, 5.41) is 6.12. The number of hydrogen-bond donors (Lipinski definition) is 1. The predicted octanol–water partition coefficient (Wildman–Crippen LogP) is 6.84. The maximum Gasteiger partial charge on any atom is 0.142 e. The number of rotatable bonds is 5. The Kier molecular flexibility index (Phi) is 4.98. The maximum absolute atomic E-state index is 5.66. The fourth-order valence-corrected chi connectivity index (χ4v) is 3.37. The lowest BCUT2D eigenvalue weighted by atomic mass is 9.92. The summed E-state index contributed by atoms with van der Waals surface area (Å²) in [6, 6.07) is 19.2. The Labute approximate surface area is 150 Å². The molecule has 0 saturated carbocycles. The van der Waals surface area contributed by atoms with E-state index < -0.39 is 0 Å². The van der Waals surface area contributed by atoms with Crippen LogP contribution in [0.1, 0.15) is 50.7 Å². The quantitative estimate of drug-likeness (QED) is 0.552. The number of anilines is 2. The van der Waals surface area contributed by atoms with Gasteiger partial charge in [-0.3, -0.25) is 0 Å². The van der Waals surface area contributed by atoms with Crippen molar-refractivity contribution in [3.8, 4) is 5.75 Å². The first kappa shape index (κ1) is 17.3. The highest BCUT2D eigenvalue weighted by molar-refractivity contribution is 5.99. The van der Waals surface area contributed by atoms with Gasteiger partial charge in [0.2, 0.25) is 0 Å². The van der Waals surface area contributed by atoms with Gasteiger partial charge in [-0.05, 0) is 34.4 Å². The Morgan fingerprint density at radius 1 is 0.720 bits per heavy atom. The molecule has 0 amide bonds. The second kappa shape index (κ2) is 7.18. The summed E-state index contributed by atoms with van der Waals surface area (Å²) in [4.78, 5) is 0. The molecule has 0 aromatic heterocycles. The van der Waals surface area contributed by atoms with Crippen LogP contribution in [0.4, 0.5) is 11.4 Å². The van der Waals surface area contributed by atoms with Crippen molar-refractivity contribution in [2.24, 2.45) is 0 Å². The fraction of sp³-hybridized carbons (Fsp3) is 0.304. The van der Waals surface area contributed by atoms with Crippen LogP contribution in [0.3, 0.4) is 0 Å². The first-order valence-electron chi connectivity index (χ1n) is 8.98. The van der Waals surface area contributed by atoms with Gasteiger partial charge >= 0.3 is 0 Å². The summed E-state index contributed by atoms with van der Waals surface area (Å²) in [6.07, 6.45) is 0. The molecule has 3 aromatic rings. The van der Waals surface area contributed by atoms with E-state index in [4.69, 9.17) is 4.74 Å². The monoisotopic (exact) mass is 333 g/mol. The highest BCUT2D eigenvalue weighted by atomic mass is 16.5. The Bertz CT molecular complexity index is 854. The lowest BCUT2D eigenvalue weighted by molar-refractivity contribution is 0.417. The molecule has 0 spiro atoms. The van der Waals surface area contributed by atoms with Crippen LogP contribution in [0.15, 0.2) is 54.6 Å². The van der Waals surface area contributed by atoms with Crippen molar-refractivity contribution in [3.05, 3.63) is 65.7 Å². The first-order valence-corrected chi connectivity index (χ1v) is 8.98. The van der Waals surface area contributed by atoms with Gasteiger partial charge in [-0.15, -0.1) is 0 Å². The molecule has 130 valence electrons. The molecule has 0 aliphatic rings. The van der Waals surface area contributed by atoms with E-state index in [1.54, 1.807) is 7.11 Å². The van der Waals surface area contributed by atoms with Gasteiger partial charge in [0, 0.05) is 11.1 Å². The molecule has 3 aromatic carbocycles. The van der Waals surface area contributed by atoms with Crippen LogP contribution in [0.5, 0.6) is 5.75 Å². The van der Waals surface area contributed by atoms with E-state index >= 15 is 0 Å². The zero-order chi connectivity index (χ0) is 18.0. The van der Waals surface area contributed by atoms with Crippen LogP contribution in [0.2, 0.25) is 0 Å².